The predicted octanol–water partition coefficient (Wildman–Crippen LogP) is 1.71. The fourth-order valence-corrected chi connectivity index (χ4v) is 1.99. The maximum atomic E-state index is 11.5. The molecule has 1 aromatic carbocycles. The van der Waals surface area contributed by atoms with Crippen LogP contribution in [0.1, 0.15) is 28.4 Å². The van der Waals surface area contributed by atoms with E-state index >= 15 is 0 Å². The molecule has 0 bridgehead atoms. The summed E-state index contributed by atoms with van der Waals surface area (Å²) in [4.78, 5) is 11.5. The molecular weight excluding hydrogens is 226 g/mol. The third-order valence-corrected chi connectivity index (χ3v) is 2.68. The van der Waals surface area contributed by atoms with Gasteiger partial charge in [-0.05, 0) is 43.0 Å². The summed E-state index contributed by atoms with van der Waals surface area (Å²) in [7, 11) is 0. The molecule has 0 amide bonds. The van der Waals surface area contributed by atoms with Crippen molar-refractivity contribution < 1.29 is 9.53 Å². The van der Waals surface area contributed by atoms with E-state index in [4.69, 9.17) is 10.5 Å². The first kappa shape index (κ1) is 13.0. The molecule has 0 spiro atoms. The molecule has 0 aromatic heterocycles. The van der Waals surface area contributed by atoms with E-state index in [1.165, 1.54) is 11.1 Å². The van der Waals surface area contributed by atoms with E-state index in [2.05, 4.69) is 0 Å². The first-order valence-electron chi connectivity index (χ1n) is 5.25. The average Bonchev–Trinajstić information content (AvgIpc) is 2.57. The van der Waals surface area contributed by atoms with Crippen LogP contribution < -0.4 is 5.73 Å². The van der Waals surface area contributed by atoms with Crippen molar-refractivity contribution in [2.45, 2.75) is 25.8 Å². The van der Waals surface area contributed by atoms with Crippen molar-refractivity contribution >= 4 is 18.4 Å². The Kier molecular flexibility index (Phi) is 4.33. The molecule has 1 aromatic rings. The highest BCUT2D eigenvalue weighted by Crippen LogP contribution is 2.22. The second-order valence-corrected chi connectivity index (χ2v) is 3.87. The Morgan fingerprint density at radius 3 is 2.81 bits per heavy atom. The minimum Gasteiger partial charge on any atom is -0.462 e. The van der Waals surface area contributed by atoms with Crippen LogP contribution in [0.3, 0.4) is 0 Å². The van der Waals surface area contributed by atoms with Gasteiger partial charge in [0.15, 0.2) is 0 Å². The summed E-state index contributed by atoms with van der Waals surface area (Å²) in [5, 5.41) is 0. The van der Waals surface area contributed by atoms with E-state index in [9.17, 15) is 4.79 Å². The molecule has 0 aliphatic heterocycles. The Hall–Kier alpha value is -1.06. The largest absolute Gasteiger partial charge is 0.462 e. The molecule has 88 valence electrons. The van der Waals surface area contributed by atoms with Crippen molar-refractivity contribution in [3.63, 3.8) is 0 Å². The zero-order valence-corrected chi connectivity index (χ0v) is 10.0. The number of halogens is 1. The smallest absolute Gasteiger partial charge is 0.338 e. The van der Waals surface area contributed by atoms with Crippen molar-refractivity contribution in [2.24, 2.45) is 5.73 Å². The zero-order chi connectivity index (χ0) is 10.8. The summed E-state index contributed by atoms with van der Waals surface area (Å²) in [5.41, 5.74) is 8.93. The number of benzene rings is 1. The van der Waals surface area contributed by atoms with Crippen LogP contribution >= 0.6 is 12.4 Å². The monoisotopic (exact) mass is 241 g/mol. The third-order valence-electron chi connectivity index (χ3n) is 2.68. The Balaban J connectivity index is 0.00000128. The van der Waals surface area contributed by atoms with Gasteiger partial charge in [-0.2, -0.15) is 0 Å². The standard InChI is InChI=1S/C12H15NO2.ClH/c1-2-15-12(14)9-4-3-8-6-11(13)7-10(8)5-9;/h3-5,11H,2,6-7,13H2,1H3;1H. The molecule has 0 heterocycles. The van der Waals surface area contributed by atoms with Crippen LogP contribution in [-0.4, -0.2) is 18.6 Å². The minimum absolute atomic E-state index is 0. The van der Waals surface area contributed by atoms with Crippen molar-refractivity contribution in [3.05, 3.63) is 34.9 Å². The van der Waals surface area contributed by atoms with Gasteiger partial charge in [0.2, 0.25) is 0 Å². The lowest BCUT2D eigenvalue weighted by Gasteiger charge is -2.04. The van der Waals surface area contributed by atoms with Crippen molar-refractivity contribution in [1.82, 2.24) is 0 Å². The summed E-state index contributed by atoms with van der Waals surface area (Å²) in [6, 6.07) is 5.90. The van der Waals surface area contributed by atoms with Gasteiger partial charge in [-0.15, -0.1) is 12.4 Å². The molecular formula is C12H16ClNO2. The maximum absolute atomic E-state index is 11.5. The lowest BCUT2D eigenvalue weighted by Crippen LogP contribution is -2.19. The summed E-state index contributed by atoms with van der Waals surface area (Å²) >= 11 is 0. The minimum atomic E-state index is -0.249. The first-order chi connectivity index (χ1) is 7.20. The molecule has 0 saturated heterocycles. The molecule has 0 radical (unpaired) electrons. The van der Waals surface area contributed by atoms with E-state index in [0.717, 1.165) is 12.8 Å². The highest BCUT2D eigenvalue weighted by Gasteiger charge is 2.19. The normalized spacial score (nSPS) is 17.5. The van der Waals surface area contributed by atoms with Gasteiger partial charge < -0.3 is 10.5 Å². The van der Waals surface area contributed by atoms with Gasteiger partial charge in [0.25, 0.3) is 0 Å². The Labute approximate surface area is 101 Å². The van der Waals surface area contributed by atoms with Crippen molar-refractivity contribution in [2.75, 3.05) is 6.61 Å². The highest BCUT2D eigenvalue weighted by atomic mass is 35.5. The quantitative estimate of drug-likeness (QED) is 0.802. The van der Waals surface area contributed by atoms with Gasteiger partial charge in [-0.25, -0.2) is 4.79 Å². The number of esters is 1. The number of carbonyl (C=O) groups is 1. The number of nitrogens with two attached hydrogens (primary N) is 1. The molecule has 0 fully saturated rings. The van der Waals surface area contributed by atoms with Gasteiger partial charge >= 0.3 is 5.97 Å². The van der Waals surface area contributed by atoms with Crippen LogP contribution in [0.15, 0.2) is 18.2 Å². The molecule has 1 unspecified atom stereocenters. The van der Waals surface area contributed by atoms with Crippen LogP contribution in [0, 0.1) is 0 Å². The fraction of sp³-hybridized carbons (Fsp3) is 0.417. The van der Waals surface area contributed by atoms with Crippen LogP contribution in [0.2, 0.25) is 0 Å². The molecule has 1 aliphatic rings. The first-order valence-corrected chi connectivity index (χ1v) is 5.25. The average molecular weight is 242 g/mol. The van der Waals surface area contributed by atoms with Crippen molar-refractivity contribution in [1.29, 1.82) is 0 Å². The lowest BCUT2D eigenvalue weighted by atomic mass is 10.1. The molecule has 4 heteroatoms. The number of ether oxygens (including phenoxy) is 1. The number of fused-ring (bicyclic) bond motifs is 1. The number of carbonyl (C=O) groups excluding carboxylic acids is 1. The Morgan fingerprint density at radius 2 is 2.12 bits per heavy atom. The Bertz CT molecular complexity index is 393. The van der Waals surface area contributed by atoms with E-state index in [0.29, 0.717) is 12.2 Å². The molecule has 3 nitrogen and oxygen atoms in total. The maximum Gasteiger partial charge on any atom is 0.338 e. The predicted molar refractivity (Wildman–Crippen MR) is 65.0 cm³/mol. The van der Waals surface area contributed by atoms with E-state index in [1.807, 2.05) is 18.2 Å². The van der Waals surface area contributed by atoms with E-state index < -0.39 is 0 Å². The highest BCUT2D eigenvalue weighted by molar-refractivity contribution is 5.89. The SMILES string of the molecule is CCOC(=O)c1ccc2c(c1)CC(N)C2.Cl. The van der Waals surface area contributed by atoms with Crippen LogP contribution in [0.25, 0.3) is 0 Å². The number of rotatable bonds is 2. The molecule has 2 rings (SSSR count). The fourth-order valence-electron chi connectivity index (χ4n) is 1.99. The topological polar surface area (TPSA) is 52.3 Å². The van der Waals surface area contributed by atoms with Crippen LogP contribution in [-0.2, 0) is 17.6 Å². The lowest BCUT2D eigenvalue weighted by molar-refractivity contribution is 0.0526. The molecule has 1 aliphatic carbocycles. The molecule has 16 heavy (non-hydrogen) atoms. The van der Waals surface area contributed by atoms with Gasteiger partial charge in [-0.1, -0.05) is 6.07 Å². The summed E-state index contributed by atoms with van der Waals surface area (Å²) in [6.07, 6.45) is 1.78. The second kappa shape index (κ2) is 5.32. The summed E-state index contributed by atoms with van der Waals surface area (Å²) < 4.78 is 4.94. The van der Waals surface area contributed by atoms with Gasteiger partial charge in [-0.3, -0.25) is 0 Å². The second-order valence-electron chi connectivity index (χ2n) is 3.87. The van der Waals surface area contributed by atoms with E-state index in [1.54, 1.807) is 6.92 Å². The van der Waals surface area contributed by atoms with E-state index in [-0.39, 0.29) is 24.4 Å². The number of hydrogen-bond acceptors (Lipinski definition) is 3. The zero-order valence-electron chi connectivity index (χ0n) is 9.23. The van der Waals surface area contributed by atoms with Crippen LogP contribution in [0.5, 0.6) is 0 Å². The number of hydrogen-bond donors (Lipinski definition) is 1. The van der Waals surface area contributed by atoms with Crippen LogP contribution in [0.4, 0.5) is 0 Å². The molecule has 1 atom stereocenters. The molecule has 0 saturated carbocycles. The molecule has 2 N–H and O–H groups in total. The van der Waals surface area contributed by atoms with Gasteiger partial charge in [0.1, 0.15) is 0 Å². The van der Waals surface area contributed by atoms with Gasteiger partial charge in [0, 0.05) is 6.04 Å². The summed E-state index contributed by atoms with van der Waals surface area (Å²) in [6.45, 7) is 2.22. The third kappa shape index (κ3) is 2.54. The Morgan fingerprint density at radius 1 is 1.44 bits per heavy atom. The summed E-state index contributed by atoms with van der Waals surface area (Å²) in [5.74, 6) is -0.249. The van der Waals surface area contributed by atoms with Crippen molar-refractivity contribution in [3.8, 4) is 0 Å². The van der Waals surface area contributed by atoms with Gasteiger partial charge in [0.05, 0.1) is 12.2 Å².